The van der Waals surface area contributed by atoms with Crippen LogP contribution in [0, 0.1) is 0 Å². The standard InChI is InChI=1S/C18H29NO9/c1-22-15-11-14(19)12-16(18(15)23-2)28-10-9-26-6-5-24-3-4-25-7-8-27-13-17(20)21/h11-12H,3-10,13,19H2,1-2H3,(H,20,21). The fourth-order valence-corrected chi connectivity index (χ4v) is 2.09. The summed E-state index contributed by atoms with van der Waals surface area (Å²) in [5, 5.41) is 8.38. The lowest BCUT2D eigenvalue weighted by Crippen LogP contribution is -2.15. The minimum Gasteiger partial charge on any atom is -0.493 e. The summed E-state index contributed by atoms with van der Waals surface area (Å²) in [6.07, 6.45) is 0. The van der Waals surface area contributed by atoms with Gasteiger partial charge in [0.2, 0.25) is 5.75 Å². The summed E-state index contributed by atoms with van der Waals surface area (Å²) in [5.41, 5.74) is 6.32. The summed E-state index contributed by atoms with van der Waals surface area (Å²) in [7, 11) is 3.06. The van der Waals surface area contributed by atoms with Crippen LogP contribution in [0.15, 0.2) is 12.1 Å². The number of carbonyl (C=O) groups is 1. The predicted octanol–water partition coefficient (Wildman–Crippen LogP) is 0.816. The Labute approximate surface area is 164 Å². The normalized spacial score (nSPS) is 10.6. The quantitative estimate of drug-likeness (QED) is 0.285. The van der Waals surface area contributed by atoms with Gasteiger partial charge in [-0.3, -0.25) is 0 Å². The van der Waals surface area contributed by atoms with E-state index in [4.69, 9.17) is 44.0 Å². The first-order valence-electron chi connectivity index (χ1n) is 8.75. The van der Waals surface area contributed by atoms with E-state index < -0.39 is 5.97 Å². The van der Waals surface area contributed by atoms with Crippen molar-refractivity contribution < 1.29 is 43.1 Å². The van der Waals surface area contributed by atoms with Crippen LogP contribution in [0.3, 0.4) is 0 Å². The van der Waals surface area contributed by atoms with E-state index in [1.165, 1.54) is 14.2 Å². The Morgan fingerprint density at radius 2 is 1.32 bits per heavy atom. The first kappa shape index (κ1) is 23.8. The minimum absolute atomic E-state index is 0.235. The molecule has 0 amide bonds. The predicted molar refractivity (Wildman–Crippen MR) is 100 cm³/mol. The number of rotatable bonds is 17. The molecule has 10 nitrogen and oxygen atoms in total. The first-order valence-corrected chi connectivity index (χ1v) is 8.75. The molecular weight excluding hydrogens is 374 g/mol. The van der Waals surface area contributed by atoms with Gasteiger partial charge in [-0.1, -0.05) is 0 Å². The molecular formula is C18H29NO9. The van der Waals surface area contributed by atoms with Crippen molar-refractivity contribution in [3.05, 3.63) is 12.1 Å². The maximum Gasteiger partial charge on any atom is 0.329 e. The molecule has 0 saturated carbocycles. The Bertz CT molecular complexity index is 568. The first-order chi connectivity index (χ1) is 13.6. The number of nitrogen functional groups attached to an aromatic ring is 1. The molecule has 3 N–H and O–H groups in total. The largest absolute Gasteiger partial charge is 0.493 e. The van der Waals surface area contributed by atoms with Gasteiger partial charge >= 0.3 is 5.97 Å². The highest BCUT2D eigenvalue weighted by Gasteiger charge is 2.12. The monoisotopic (exact) mass is 403 g/mol. The van der Waals surface area contributed by atoms with Crippen LogP contribution in [0.5, 0.6) is 17.2 Å². The van der Waals surface area contributed by atoms with E-state index in [0.29, 0.717) is 69.2 Å². The number of carboxylic acid groups (broad SMARTS) is 1. The van der Waals surface area contributed by atoms with Gasteiger partial charge in [-0.05, 0) is 0 Å². The fourth-order valence-electron chi connectivity index (χ4n) is 2.09. The SMILES string of the molecule is COc1cc(N)cc(OCCOCCOCCOCCOCC(=O)O)c1OC. The lowest BCUT2D eigenvalue weighted by Gasteiger charge is -2.14. The Morgan fingerprint density at radius 3 is 1.82 bits per heavy atom. The molecule has 1 rings (SSSR count). The molecule has 0 saturated heterocycles. The molecule has 28 heavy (non-hydrogen) atoms. The van der Waals surface area contributed by atoms with E-state index in [1.807, 2.05) is 0 Å². The van der Waals surface area contributed by atoms with Gasteiger partial charge in [-0.15, -0.1) is 0 Å². The van der Waals surface area contributed by atoms with Crippen LogP contribution in [0.2, 0.25) is 0 Å². The minimum atomic E-state index is -1.000. The summed E-state index contributed by atoms with van der Waals surface area (Å²) >= 11 is 0. The van der Waals surface area contributed by atoms with Crippen molar-refractivity contribution in [2.75, 3.05) is 79.4 Å². The maximum atomic E-state index is 10.2. The van der Waals surface area contributed by atoms with Gasteiger partial charge in [0, 0.05) is 17.8 Å². The molecule has 160 valence electrons. The molecule has 1 aromatic rings. The summed E-state index contributed by atoms with van der Waals surface area (Å²) < 4.78 is 37.0. The molecule has 10 heteroatoms. The molecule has 0 bridgehead atoms. The highest BCUT2D eigenvalue weighted by molar-refractivity contribution is 5.68. The lowest BCUT2D eigenvalue weighted by molar-refractivity contribution is -0.142. The van der Waals surface area contributed by atoms with E-state index in [-0.39, 0.29) is 13.2 Å². The van der Waals surface area contributed by atoms with Gasteiger partial charge in [0.1, 0.15) is 13.2 Å². The van der Waals surface area contributed by atoms with Crippen LogP contribution in [0.25, 0.3) is 0 Å². The summed E-state index contributed by atoms with van der Waals surface area (Å²) in [5.74, 6) is 0.472. The summed E-state index contributed by atoms with van der Waals surface area (Å²) in [6.45, 7) is 2.59. The van der Waals surface area contributed by atoms with Crippen molar-refractivity contribution in [1.29, 1.82) is 0 Å². The summed E-state index contributed by atoms with van der Waals surface area (Å²) in [6, 6.07) is 3.32. The molecule has 0 spiro atoms. The molecule has 0 atom stereocenters. The molecule has 0 heterocycles. The van der Waals surface area contributed by atoms with E-state index in [9.17, 15) is 4.79 Å². The average Bonchev–Trinajstić information content (AvgIpc) is 2.67. The second-order valence-corrected chi connectivity index (χ2v) is 5.39. The molecule has 1 aromatic carbocycles. The second-order valence-electron chi connectivity index (χ2n) is 5.39. The van der Waals surface area contributed by atoms with Crippen molar-refractivity contribution in [1.82, 2.24) is 0 Å². The Balaban J connectivity index is 2.01. The van der Waals surface area contributed by atoms with Crippen LogP contribution in [-0.4, -0.2) is 84.8 Å². The van der Waals surface area contributed by atoms with Gasteiger partial charge < -0.3 is 44.0 Å². The van der Waals surface area contributed by atoms with Crippen LogP contribution in [-0.2, 0) is 23.7 Å². The van der Waals surface area contributed by atoms with E-state index in [0.717, 1.165) is 0 Å². The number of methoxy groups -OCH3 is 2. The number of carboxylic acids is 1. The third kappa shape index (κ3) is 10.2. The Hall–Kier alpha value is -2.27. The van der Waals surface area contributed by atoms with Crippen LogP contribution in [0.1, 0.15) is 0 Å². The average molecular weight is 403 g/mol. The molecule has 0 aliphatic carbocycles. The molecule has 0 aromatic heterocycles. The number of hydrogen-bond acceptors (Lipinski definition) is 9. The van der Waals surface area contributed by atoms with Crippen LogP contribution >= 0.6 is 0 Å². The number of aliphatic carboxylic acids is 1. The fraction of sp³-hybridized carbons (Fsp3) is 0.611. The van der Waals surface area contributed by atoms with Crippen molar-refractivity contribution >= 4 is 11.7 Å². The Kier molecular flexibility index (Phi) is 12.5. The van der Waals surface area contributed by atoms with E-state index >= 15 is 0 Å². The van der Waals surface area contributed by atoms with Crippen LogP contribution in [0.4, 0.5) is 5.69 Å². The number of anilines is 1. The van der Waals surface area contributed by atoms with E-state index in [1.54, 1.807) is 12.1 Å². The number of ether oxygens (including phenoxy) is 7. The highest BCUT2D eigenvalue weighted by atomic mass is 16.6. The number of nitrogens with two attached hydrogens (primary N) is 1. The summed E-state index contributed by atoms with van der Waals surface area (Å²) in [4.78, 5) is 10.2. The molecule has 0 fully saturated rings. The van der Waals surface area contributed by atoms with Crippen molar-refractivity contribution in [2.24, 2.45) is 0 Å². The molecule has 0 radical (unpaired) electrons. The second kappa shape index (κ2) is 14.7. The zero-order valence-electron chi connectivity index (χ0n) is 16.3. The molecule has 0 unspecified atom stereocenters. The number of benzene rings is 1. The van der Waals surface area contributed by atoms with Crippen molar-refractivity contribution in [3.8, 4) is 17.2 Å². The number of hydrogen-bond donors (Lipinski definition) is 2. The lowest BCUT2D eigenvalue weighted by atomic mass is 10.2. The van der Waals surface area contributed by atoms with Gasteiger partial charge in [0.05, 0.1) is 60.5 Å². The highest BCUT2D eigenvalue weighted by Crippen LogP contribution is 2.39. The topological polar surface area (TPSA) is 128 Å². The third-order valence-corrected chi connectivity index (χ3v) is 3.29. The van der Waals surface area contributed by atoms with Crippen molar-refractivity contribution in [3.63, 3.8) is 0 Å². The molecule has 0 aliphatic heterocycles. The molecule has 0 aliphatic rings. The van der Waals surface area contributed by atoms with Crippen molar-refractivity contribution in [2.45, 2.75) is 0 Å². The van der Waals surface area contributed by atoms with Crippen LogP contribution < -0.4 is 19.9 Å². The van der Waals surface area contributed by atoms with Gasteiger partial charge in [0.15, 0.2) is 11.5 Å². The Morgan fingerprint density at radius 1 is 0.821 bits per heavy atom. The van der Waals surface area contributed by atoms with Gasteiger partial charge in [0.25, 0.3) is 0 Å². The van der Waals surface area contributed by atoms with Gasteiger partial charge in [-0.25, -0.2) is 4.79 Å². The van der Waals surface area contributed by atoms with Gasteiger partial charge in [-0.2, -0.15) is 0 Å². The smallest absolute Gasteiger partial charge is 0.329 e. The third-order valence-electron chi connectivity index (χ3n) is 3.29. The maximum absolute atomic E-state index is 10.2. The van der Waals surface area contributed by atoms with E-state index in [2.05, 4.69) is 0 Å². The zero-order valence-corrected chi connectivity index (χ0v) is 16.3. The zero-order chi connectivity index (χ0) is 20.6.